The second-order valence-corrected chi connectivity index (χ2v) is 5.88. The van der Waals surface area contributed by atoms with Crippen LogP contribution in [0.4, 0.5) is 0 Å². The molecule has 0 aliphatic carbocycles. The molecule has 0 spiro atoms. The highest BCUT2D eigenvalue weighted by Crippen LogP contribution is 2.28. The van der Waals surface area contributed by atoms with Gasteiger partial charge >= 0.3 is 0 Å². The van der Waals surface area contributed by atoms with Crippen molar-refractivity contribution in [3.63, 3.8) is 0 Å². The van der Waals surface area contributed by atoms with Gasteiger partial charge in [-0.15, -0.1) is 0 Å². The number of aromatic nitrogens is 2. The third kappa shape index (κ3) is 3.05. The predicted octanol–water partition coefficient (Wildman–Crippen LogP) is 3.72. The van der Waals surface area contributed by atoms with E-state index in [4.69, 9.17) is 18.4 Å². The summed E-state index contributed by atoms with van der Waals surface area (Å²) in [5.41, 5.74) is 1.95. The van der Waals surface area contributed by atoms with Crippen LogP contribution in [0, 0.1) is 6.92 Å². The fourth-order valence-electron chi connectivity index (χ4n) is 2.67. The van der Waals surface area contributed by atoms with Crippen molar-refractivity contribution in [2.45, 2.75) is 25.9 Å². The average molecular weight is 326 g/mol. The van der Waals surface area contributed by atoms with E-state index in [9.17, 15) is 0 Å². The summed E-state index contributed by atoms with van der Waals surface area (Å²) in [6.45, 7) is 3.73. The molecule has 6 heteroatoms. The first-order chi connectivity index (χ1) is 11.8. The third-order valence-corrected chi connectivity index (χ3v) is 4.10. The molecule has 4 rings (SSSR count). The SMILES string of the molecule is Cc1ccc(OCc2occc2-c2nc([C@H]3CCOC3)no2)cc1. The summed E-state index contributed by atoms with van der Waals surface area (Å²) >= 11 is 0. The summed E-state index contributed by atoms with van der Waals surface area (Å²) < 4.78 is 22.1. The first-order valence-corrected chi connectivity index (χ1v) is 7.97. The lowest BCUT2D eigenvalue weighted by molar-refractivity contribution is 0.192. The number of furan rings is 1. The zero-order chi connectivity index (χ0) is 16.4. The molecule has 0 amide bonds. The molecule has 1 aromatic carbocycles. The van der Waals surface area contributed by atoms with Crippen molar-refractivity contribution < 1.29 is 18.4 Å². The number of aryl methyl sites for hydroxylation is 1. The van der Waals surface area contributed by atoms with Crippen LogP contribution < -0.4 is 4.74 Å². The molecule has 0 N–H and O–H groups in total. The van der Waals surface area contributed by atoms with E-state index in [1.165, 1.54) is 5.56 Å². The van der Waals surface area contributed by atoms with Crippen molar-refractivity contribution in [1.29, 1.82) is 0 Å². The van der Waals surface area contributed by atoms with Crippen molar-refractivity contribution in [3.8, 4) is 17.2 Å². The van der Waals surface area contributed by atoms with Crippen LogP contribution in [0.5, 0.6) is 5.75 Å². The molecule has 24 heavy (non-hydrogen) atoms. The Hall–Kier alpha value is -2.60. The Kier molecular flexibility index (Phi) is 4.04. The standard InChI is InChI=1S/C18H18N2O4/c1-12-2-4-14(5-3-12)23-11-16-15(7-9-22-16)18-19-17(20-24-18)13-6-8-21-10-13/h2-5,7,9,13H,6,8,10-11H2,1H3/t13-/m0/s1. The van der Waals surface area contributed by atoms with Gasteiger partial charge in [-0.3, -0.25) is 0 Å². The maximum atomic E-state index is 5.77. The van der Waals surface area contributed by atoms with Gasteiger partial charge in [-0.25, -0.2) is 0 Å². The minimum absolute atomic E-state index is 0.210. The molecule has 1 saturated heterocycles. The summed E-state index contributed by atoms with van der Waals surface area (Å²) in [5, 5.41) is 4.07. The largest absolute Gasteiger partial charge is 0.486 e. The van der Waals surface area contributed by atoms with Gasteiger partial charge in [0, 0.05) is 12.5 Å². The van der Waals surface area contributed by atoms with Crippen LogP contribution in [-0.4, -0.2) is 23.4 Å². The van der Waals surface area contributed by atoms with Gasteiger partial charge in [0.1, 0.15) is 12.4 Å². The second kappa shape index (κ2) is 6.49. The molecule has 2 aromatic heterocycles. The maximum Gasteiger partial charge on any atom is 0.261 e. The van der Waals surface area contributed by atoms with E-state index in [0.717, 1.165) is 24.3 Å². The van der Waals surface area contributed by atoms with Crippen LogP contribution in [0.15, 0.2) is 45.5 Å². The fourth-order valence-corrected chi connectivity index (χ4v) is 2.67. The molecule has 3 heterocycles. The van der Waals surface area contributed by atoms with E-state index < -0.39 is 0 Å². The van der Waals surface area contributed by atoms with E-state index in [2.05, 4.69) is 10.1 Å². The van der Waals surface area contributed by atoms with Crippen molar-refractivity contribution in [2.24, 2.45) is 0 Å². The van der Waals surface area contributed by atoms with E-state index in [1.54, 1.807) is 6.26 Å². The van der Waals surface area contributed by atoms with Crippen LogP contribution in [-0.2, 0) is 11.3 Å². The lowest BCUT2D eigenvalue weighted by Gasteiger charge is -2.05. The Morgan fingerprint density at radius 1 is 1.21 bits per heavy atom. The van der Waals surface area contributed by atoms with Gasteiger partial charge in [-0.2, -0.15) is 4.98 Å². The number of ether oxygens (including phenoxy) is 2. The summed E-state index contributed by atoms with van der Waals surface area (Å²) in [5.74, 6) is 2.80. The molecule has 6 nitrogen and oxygen atoms in total. The Morgan fingerprint density at radius 3 is 2.88 bits per heavy atom. The van der Waals surface area contributed by atoms with Crippen LogP contribution >= 0.6 is 0 Å². The average Bonchev–Trinajstić information content (AvgIpc) is 3.33. The quantitative estimate of drug-likeness (QED) is 0.711. The number of rotatable bonds is 5. The summed E-state index contributed by atoms with van der Waals surface area (Å²) in [4.78, 5) is 4.49. The van der Waals surface area contributed by atoms with Crippen LogP contribution in [0.1, 0.15) is 29.5 Å². The lowest BCUT2D eigenvalue weighted by atomic mass is 10.1. The molecule has 1 aliphatic rings. The molecule has 3 aromatic rings. The van der Waals surface area contributed by atoms with Gasteiger partial charge in [0.2, 0.25) is 0 Å². The van der Waals surface area contributed by atoms with Gasteiger partial charge in [-0.05, 0) is 31.5 Å². The summed E-state index contributed by atoms with van der Waals surface area (Å²) in [7, 11) is 0. The van der Waals surface area contributed by atoms with Crippen LogP contribution in [0.2, 0.25) is 0 Å². The molecule has 0 unspecified atom stereocenters. The molecule has 0 saturated carbocycles. The highest BCUT2D eigenvalue weighted by Gasteiger charge is 2.24. The number of hydrogen-bond donors (Lipinski definition) is 0. The molecule has 1 aliphatic heterocycles. The molecular formula is C18H18N2O4. The maximum absolute atomic E-state index is 5.77. The molecule has 1 atom stereocenters. The van der Waals surface area contributed by atoms with E-state index >= 15 is 0 Å². The normalized spacial score (nSPS) is 17.3. The molecule has 0 bridgehead atoms. The Balaban J connectivity index is 1.49. The van der Waals surface area contributed by atoms with E-state index in [-0.39, 0.29) is 5.92 Å². The Labute approximate surface area is 139 Å². The summed E-state index contributed by atoms with van der Waals surface area (Å²) in [6.07, 6.45) is 2.53. The fraction of sp³-hybridized carbons (Fsp3) is 0.333. The highest BCUT2D eigenvalue weighted by atomic mass is 16.5. The molecule has 0 radical (unpaired) electrons. The lowest BCUT2D eigenvalue weighted by Crippen LogP contribution is -2.00. The first kappa shape index (κ1) is 15.0. The zero-order valence-corrected chi connectivity index (χ0v) is 13.4. The summed E-state index contributed by atoms with van der Waals surface area (Å²) in [6, 6.07) is 9.70. The van der Waals surface area contributed by atoms with E-state index in [1.807, 2.05) is 37.3 Å². The number of benzene rings is 1. The number of nitrogens with zero attached hydrogens (tertiary/aromatic N) is 2. The second-order valence-electron chi connectivity index (χ2n) is 5.88. The Bertz CT molecular complexity index is 801. The van der Waals surface area contributed by atoms with Gasteiger partial charge in [0.25, 0.3) is 5.89 Å². The Morgan fingerprint density at radius 2 is 2.08 bits per heavy atom. The minimum Gasteiger partial charge on any atom is -0.486 e. The van der Waals surface area contributed by atoms with E-state index in [0.29, 0.717) is 30.7 Å². The predicted molar refractivity (Wildman–Crippen MR) is 85.7 cm³/mol. The van der Waals surface area contributed by atoms with Gasteiger partial charge in [0.15, 0.2) is 11.6 Å². The minimum atomic E-state index is 0.210. The molecule has 124 valence electrons. The van der Waals surface area contributed by atoms with Gasteiger partial charge < -0.3 is 18.4 Å². The third-order valence-electron chi connectivity index (χ3n) is 4.10. The topological polar surface area (TPSA) is 70.5 Å². The van der Waals surface area contributed by atoms with Crippen LogP contribution in [0.3, 0.4) is 0 Å². The molecular weight excluding hydrogens is 308 g/mol. The van der Waals surface area contributed by atoms with Crippen LogP contribution in [0.25, 0.3) is 11.5 Å². The highest BCUT2D eigenvalue weighted by molar-refractivity contribution is 5.55. The van der Waals surface area contributed by atoms with Crippen molar-refractivity contribution in [2.75, 3.05) is 13.2 Å². The first-order valence-electron chi connectivity index (χ1n) is 7.97. The number of hydrogen-bond acceptors (Lipinski definition) is 6. The smallest absolute Gasteiger partial charge is 0.261 e. The molecule has 1 fully saturated rings. The monoisotopic (exact) mass is 326 g/mol. The van der Waals surface area contributed by atoms with Crippen molar-refractivity contribution in [3.05, 3.63) is 53.7 Å². The zero-order valence-electron chi connectivity index (χ0n) is 13.4. The van der Waals surface area contributed by atoms with Gasteiger partial charge in [0.05, 0.1) is 18.4 Å². The van der Waals surface area contributed by atoms with Crippen molar-refractivity contribution >= 4 is 0 Å². The van der Waals surface area contributed by atoms with Crippen molar-refractivity contribution in [1.82, 2.24) is 10.1 Å². The van der Waals surface area contributed by atoms with Gasteiger partial charge in [-0.1, -0.05) is 22.9 Å².